The van der Waals surface area contributed by atoms with Crippen molar-refractivity contribution < 1.29 is 38.2 Å². The van der Waals surface area contributed by atoms with Crippen LogP contribution in [0.15, 0.2) is 76.9 Å². The Labute approximate surface area is 463 Å². The number of aromatic hydroxyl groups is 1. The van der Waals surface area contributed by atoms with Gasteiger partial charge in [0.1, 0.15) is 41.3 Å². The van der Waals surface area contributed by atoms with Gasteiger partial charge in [-0.3, -0.25) is 19.5 Å². The zero-order chi connectivity index (χ0) is 55.1. The summed E-state index contributed by atoms with van der Waals surface area (Å²) in [6, 6.07) is 18.5. The van der Waals surface area contributed by atoms with Crippen molar-refractivity contribution in [1.29, 1.82) is 0 Å². The van der Waals surface area contributed by atoms with Crippen LogP contribution in [-0.2, 0) is 16.0 Å². The molecule has 2 bridgehead atoms. The Hall–Kier alpha value is -6.80. The summed E-state index contributed by atoms with van der Waals surface area (Å²) in [6.45, 7) is 16.7. The molecular formula is C60H71FN10O7S. The standard InChI is InChI=1S/C60H71FN10O7S/c1-7-37-9-8-10-40-25-43(72)26-45(51(37)40)53-52(61)54-46(29-62-53)56(70-30-41-15-16-42(31-70)65-41)67-59(66-54)77-24-22-69-20-17-60(6,18-21-69)19-23-76-49-28-48(78-68-49)50(34(2)3)58(75)71-32-44(73)27-47(71)57(74)64-35(4)38-11-13-39(14-12-38)55-36(5)63-33-79-55/h8-14,25-26,28-29,33-35,41-42,44,47,50,65,72-73H,7,15-24,27,30-32H2,1-6H3,(H,64,74)/t35-,41?,42?,44+,47-,50-/m0/s1. The molecule has 0 spiro atoms. The highest BCUT2D eigenvalue weighted by atomic mass is 32.1. The fourth-order valence-electron chi connectivity index (χ4n) is 12.3. The second-order valence-electron chi connectivity index (χ2n) is 22.8. The molecule has 3 aromatic carbocycles. The van der Waals surface area contributed by atoms with Crippen LogP contribution in [0.2, 0.25) is 0 Å². The third-order valence-corrected chi connectivity index (χ3v) is 17.9. The zero-order valence-corrected chi connectivity index (χ0v) is 46.7. The second kappa shape index (κ2) is 22.7. The number of piperazine rings is 1. The molecule has 0 radical (unpaired) electrons. The summed E-state index contributed by atoms with van der Waals surface area (Å²) < 4.78 is 35.4. The van der Waals surface area contributed by atoms with Gasteiger partial charge < -0.3 is 44.6 Å². The number of aromatic nitrogens is 5. The van der Waals surface area contributed by atoms with Crippen LogP contribution in [-0.4, -0.2) is 134 Å². The molecule has 0 aliphatic carbocycles. The quantitative estimate of drug-likeness (QED) is 0.0633. The average molecular weight is 1100 g/mol. The second-order valence-corrected chi connectivity index (χ2v) is 23.7. The van der Waals surface area contributed by atoms with Gasteiger partial charge in [0.25, 0.3) is 5.88 Å². The summed E-state index contributed by atoms with van der Waals surface area (Å²) in [5.74, 6) is -0.865. The number of hydrogen-bond donors (Lipinski definition) is 4. The molecule has 11 rings (SSSR count). The molecule has 17 nitrogen and oxygen atoms in total. The van der Waals surface area contributed by atoms with Crippen LogP contribution in [0.3, 0.4) is 0 Å². The number of phenolic OH excluding ortho intramolecular Hbond substituents is 1. The number of anilines is 1. The monoisotopic (exact) mass is 1090 g/mol. The highest BCUT2D eigenvalue weighted by Gasteiger charge is 2.44. The number of thiazole rings is 1. The smallest absolute Gasteiger partial charge is 0.319 e. The number of piperidine rings is 1. The van der Waals surface area contributed by atoms with E-state index in [2.05, 4.69) is 44.4 Å². The molecule has 7 aromatic rings. The van der Waals surface area contributed by atoms with Gasteiger partial charge in [-0.1, -0.05) is 70.2 Å². The molecule has 0 saturated carbocycles. The lowest BCUT2D eigenvalue weighted by atomic mass is 9.78. The lowest BCUT2D eigenvalue weighted by Crippen LogP contribution is -2.51. The molecule has 2 amide bonds. The maximum atomic E-state index is 17.1. The Bertz CT molecular complexity index is 3330. The first-order valence-electron chi connectivity index (χ1n) is 28.0. The third-order valence-electron chi connectivity index (χ3n) is 16.9. The van der Waals surface area contributed by atoms with E-state index in [1.165, 1.54) is 4.90 Å². The molecular weight excluding hydrogens is 1020 g/mol. The minimum atomic E-state index is -0.847. The summed E-state index contributed by atoms with van der Waals surface area (Å²) in [5.41, 5.74) is 6.60. The Morgan fingerprint density at radius 2 is 1.76 bits per heavy atom. The molecule has 4 saturated heterocycles. The van der Waals surface area contributed by atoms with Crippen molar-refractivity contribution >= 4 is 50.6 Å². The molecule has 79 heavy (non-hydrogen) atoms. The number of ether oxygens (including phenoxy) is 2. The van der Waals surface area contributed by atoms with E-state index >= 15 is 4.39 Å². The molecule has 4 N–H and O–H groups in total. The summed E-state index contributed by atoms with van der Waals surface area (Å²) in [4.78, 5) is 54.0. The van der Waals surface area contributed by atoms with E-state index in [0.29, 0.717) is 60.2 Å². The van der Waals surface area contributed by atoms with Crippen LogP contribution < -0.4 is 25.0 Å². The number of phenols is 1. The van der Waals surface area contributed by atoms with Gasteiger partial charge in [-0.05, 0) is 122 Å². The van der Waals surface area contributed by atoms with E-state index in [0.717, 1.165) is 103 Å². The third kappa shape index (κ3) is 11.4. The van der Waals surface area contributed by atoms with Gasteiger partial charge in [-0.15, -0.1) is 11.3 Å². The molecule has 4 aromatic heterocycles. The maximum absolute atomic E-state index is 17.1. The van der Waals surface area contributed by atoms with Crippen molar-refractivity contribution in [3.8, 4) is 39.3 Å². The van der Waals surface area contributed by atoms with E-state index in [9.17, 15) is 19.8 Å². The molecule has 4 aliphatic rings. The number of carbonyl (C=O) groups is 2. The van der Waals surface area contributed by atoms with Gasteiger partial charge in [0.2, 0.25) is 11.8 Å². The molecule has 4 fully saturated rings. The van der Waals surface area contributed by atoms with Gasteiger partial charge in [0.05, 0.1) is 40.2 Å². The normalized spacial score (nSPS) is 21.0. The predicted octanol–water partition coefficient (Wildman–Crippen LogP) is 9.14. The topological polar surface area (TPSA) is 204 Å². The highest BCUT2D eigenvalue weighted by Crippen LogP contribution is 2.41. The van der Waals surface area contributed by atoms with E-state index in [-0.39, 0.29) is 65.1 Å². The number of pyridine rings is 1. The van der Waals surface area contributed by atoms with Crippen LogP contribution in [0.25, 0.3) is 43.4 Å². The Kier molecular flexibility index (Phi) is 15.6. The van der Waals surface area contributed by atoms with Crippen molar-refractivity contribution in [3.05, 3.63) is 101 Å². The number of carbonyl (C=O) groups excluding carboxylic acids is 2. The lowest BCUT2D eigenvalue weighted by Gasteiger charge is -2.39. The average Bonchev–Trinajstić information content (AvgIpc) is 4.28. The largest absolute Gasteiger partial charge is 0.508 e. The number of amides is 2. The number of β-amino-alcohol motifs (C(OH)–C–C–N with tert-alkyl or cyclic N) is 1. The fourth-order valence-corrected chi connectivity index (χ4v) is 13.1. The summed E-state index contributed by atoms with van der Waals surface area (Å²) in [7, 11) is 0. The molecule has 8 heterocycles. The van der Waals surface area contributed by atoms with Crippen LogP contribution in [0.5, 0.6) is 17.6 Å². The number of fused-ring (bicyclic) bond motifs is 4. The molecule has 19 heteroatoms. The number of nitrogens with one attached hydrogen (secondary N) is 2. The van der Waals surface area contributed by atoms with Gasteiger partial charge in [0.15, 0.2) is 11.6 Å². The number of likely N-dealkylation sites (tertiary alicyclic amines) is 2. The van der Waals surface area contributed by atoms with E-state index in [1.54, 1.807) is 35.7 Å². The summed E-state index contributed by atoms with van der Waals surface area (Å²) in [6.07, 6.45) is 6.50. The van der Waals surface area contributed by atoms with E-state index in [4.69, 9.17) is 28.9 Å². The van der Waals surface area contributed by atoms with E-state index in [1.807, 2.05) is 75.7 Å². The fraction of sp³-hybridized carbons (Fsp3) is 0.483. The minimum Gasteiger partial charge on any atom is -0.508 e. The Morgan fingerprint density at radius 3 is 2.48 bits per heavy atom. The molecule has 4 aliphatic heterocycles. The van der Waals surface area contributed by atoms with Crippen LogP contribution in [0, 0.1) is 24.1 Å². The predicted molar refractivity (Wildman–Crippen MR) is 302 cm³/mol. The Morgan fingerprint density at radius 1 is 0.987 bits per heavy atom. The van der Waals surface area contributed by atoms with Crippen LogP contribution in [0.4, 0.5) is 10.2 Å². The van der Waals surface area contributed by atoms with Crippen LogP contribution in [0.1, 0.15) is 108 Å². The number of benzene rings is 3. The molecule has 2 unspecified atom stereocenters. The summed E-state index contributed by atoms with van der Waals surface area (Å²) >= 11 is 1.59. The first kappa shape index (κ1) is 54.2. The van der Waals surface area contributed by atoms with Gasteiger partial charge in [0, 0.05) is 62.5 Å². The number of aryl methyl sites for hydroxylation is 2. The number of nitrogens with zero attached hydrogens (tertiary/aromatic N) is 8. The summed E-state index contributed by atoms with van der Waals surface area (Å²) in [5, 5.41) is 34.7. The minimum absolute atomic E-state index is 0.00949. The molecule has 416 valence electrons. The first-order chi connectivity index (χ1) is 38.1. The van der Waals surface area contributed by atoms with Crippen molar-refractivity contribution in [1.82, 2.24) is 45.5 Å². The number of hydrogen-bond acceptors (Lipinski definition) is 16. The zero-order valence-electron chi connectivity index (χ0n) is 45.9. The van der Waals surface area contributed by atoms with Crippen molar-refractivity contribution in [2.24, 2.45) is 11.3 Å². The number of aliphatic hydroxyl groups is 1. The Balaban J connectivity index is 0.693. The maximum Gasteiger partial charge on any atom is 0.319 e. The van der Waals surface area contributed by atoms with E-state index < -0.39 is 23.9 Å². The van der Waals surface area contributed by atoms with Crippen molar-refractivity contribution in [3.63, 3.8) is 0 Å². The van der Waals surface area contributed by atoms with Gasteiger partial charge in [-0.2, -0.15) is 9.97 Å². The molecule has 6 atom stereocenters. The van der Waals surface area contributed by atoms with Crippen molar-refractivity contribution in [2.75, 3.05) is 57.4 Å². The first-order valence-corrected chi connectivity index (χ1v) is 28.9. The SMILES string of the molecule is CCc1cccc2cc(O)cc(-c3ncc4c(N5CC6CCC(C5)N6)nc(OCCN5CCC(C)(CCOc6cc([C@@H](C(=O)N7C[C@H](O)C[C@H]7C(=O)N[C@@H](C)c7ccc(-c8scnc8C)cc7)C(C)C)on6)CC5)nc4c3F)c12. The van der Waals surface area contributed by atoms with Gasteiger partial charge in [-0.25, -0.2) is 9.37 Å². The number of halogens is 1. The number of rotatable bonds is 18. The van der Waals surface area contributed by atoms with Gasteiger partial charge >= 0.3 is 6.01 Å². The van der Waals surface area contributed by atoms with Crippen molar-refractivity contribution in [2.45, 2.75) is 123 Å². The van der Waals surface area contributed by atoms with Crippen LogP contribution >= 0.6 is 11.3 Å². The number of aliphatic hydroxyl groups excluding tert-OH is 1. The highest BCUT2D eigenvalue weighted by molar-refractivity contribution is 7.13. The lowest BCUT2D eigenvalue weighted by molar-refractivity contribution is -0.141.